The molecule has 3 N–H and O–H groups in total. The molecule has 0 radical (unpaired) electrons. The lowest BCUT2D eigenvalue weighted by Crippen LogP contribution is -2.41. The van der Waals surface area contributed by atoms with Gasteiger partial charge in [0.05, 0.1) is 6.61 Å². The molecule has 0 unspecified atom stereocenters. The van der Waals surface area contributed by atoms with Crippen LogP contribution < -0.4 is 20.9 Å². The van der Waals surface area contributed by atoms with E-state index in [-0.39, 0.29) is 18.7 Å². The van der Waals surface area contributed by atoms with Gasteiger partial charge < -0.3 is 10.1 Å². The van der Waals surface area contributed by atoms with Crippen LogP contribution in [0, 0.1) is 13.8 Å². The molecule has 2 aromatic carbocycles. The van der Waals surface area contributed by atoms with Gasteiger partial charge in [0.2, 0.25) is 11.8 Å². The third kappa shape index (κ3) is 7.29. The number of hydrogen-bond acceptors (Lipinski definition) is 4. The number of ether oxygens (including phenoxy) is 1. The number of carbonyl (C=O) groups is 3. The van der Waals surface area contributed by atoms with Crippen LogP contribution in [0.15, 0.2) is 42.5 Å². The molecule has 7 heteroatoms. The molecule has 2 aromatic rings. The second kappa shape index (κ2) is 10.8. The number of hydrogen-bond donors (Lipinski definition) is 3. The highest BCUT2D eigenvalue weighted by atomic mass is 16.5. The molecule has 29 heavy (non-hydrogen) atoms. The number of hydrazine groups is 1. The zero-order valence-corrected chi connectivity index (χ0v) is 17.0. The zero-order valence-electron chi connectivity index (χ0n) is 17.0. The molecule has 0 aromatic heterocycles. The summed E-state index contributed by atoms with van der Waals surface area (Å²) in [4.78, 5) is 36.1. The second-order valence-electron chi connectivity index (χ2n) is 6.73. The lowest BCUT2D eigenvalue weighted by molar-refractivity contribution is -0.124. The van der Waals surface area contributed by atoms with Crippen molar-refractivity contribution in [3.05, 3.63) is 59.2 Å². The minimum atomic E-state index is -0.458. The molecule has 2 rings (SSSR count). The average molecular weight is 397 g/mol. The van der Waals surface area contributed by atoms with Crippen LogP contribution in [0.2, 0.25) is 0 Å². The Bertz CT molecular complexity index is 880. The first-order valence-electron chi connectivity index (χ1n) is 9.58. The second-order valence-corrected chi connectivity index (χ2v) is 6.73. The Kier molecular flexibility index (Phi) is 8.21. The maximum Gasteiger partial charge on any atom is 0.269 e. The van der Waals surface area contributed by atoms with Gasteiger partial charge in [0.1, 0.15) is 5.75 Å². The van der Waals surface area contributed by atoms with Crippen molar-refractivity contribution in [1.82, 2.24) is 10.9 Å². The van der Waals surface area contributed by atoms with Crippen LogP contribution in [0.25, 0.3) is 0 Å². The standard InChI is InChI=1S/C22H27N3O4/c1-4-12-29-19-7-5-6-17(14-19)22(28)25-24-21(27)11-10-20(26)23-18-9-8-15(2)16(3)13-18/h5-9,13-14H,4,10-12H2,1-3H3,(H,23,26)(H,24,27)(H,25,28). The van der Waals surface area contributed by atoms with Crippen molar-refractivity contribution < 1.29 is 19.1 Å². The normalized spacial score (nSPS) is 10.2. The van der Waals surface area contributed by atoms with E-state index < -0.39 is 11.8 Å². The Morgan fingerprint density at radius 3 is 2.38 bits per heavy atom. The molecule has 0 saturated heterocycles. The van der Waals surface area contributed by atoms with E-state index in [1.165, 1.54) is 0 Å². The third-order valence-electron chi connectivity index (χ3n) is 4.25. The van der Waals surface area contributed by atoms with Crippen LogP contribution in [-0.2, 0) is 9.59 Å². The summed E-state index contributed by atoms with van der Waals surface area (Å²) in [6.45, 7) is 6.51. The fraction of sp³-hybridized carbons (Fsp3) is 0.318. The Balaban J connectivity index is 1.75. The molecule has 0 heterocycles. The molecular weight excluding hydrogens is 370 g/mol. The zero-order chi connectivity index (χ0) is 21.2. The summed E-state index contributed by atoms with van der Waals surface area (Å²) >= 11 is 0. The van der Waals surface area contributed by atoms with Crippen LogP contribution in [0.1, 0.15) is 47.7 Å². The topological polar surface area (TPSA) is 96.5 Å². The summed E-state index contributed by atoms with van der Waals surface area (Å²) in [5.41, 5.74) is 7.94. The molecule has 0 aliphatic heterocycles. The Morgan fingerprint density at radius 1 is 0.897 bits per heavy atom. The monoisotopic (exact) mass is 397 g/mol. The van der Waals surface area contributed by atoms with Crippen LogP contribution in [0.4, 0.5) is 5.69 Å². The highest BCUT2D eigenvalue weighted by Gasteiger charge is 2.11. The van der Waals surface area contributed by atoms with Crippen LogP contribution in [0.5, 0.6) is 5.75 Å². The van der Waals surface area contributed by atoms with Crippen molar-refractivity contribution in [3.63, 3.8) is 0 Å². The van der Waals surface area contributed by atoms with Crippen molar-refractivity contribution in [2.45, 2.75) is 40.0 Å². The molecule has 0 bridgehead atoms. The van der Waals surface area contributed by atoms with Gasteiger partial charge in [-0.1, -0.05) is 19.1 Å². The maximum atomic E-state index is 12.2. The van der Waals surface area contributed by atoms with Gasteiger partial charge in [-0.2, -0.15) is 0 Å². The van der Waals surface area contributed by atoms with Gasteiger partial charge in [0.25, 0.3) is 5.91 Å². The molecule has 3 amide bonds. The van der Waals surface area contributed by atoms with E-state index in [0.717, 1.165) is 17.5 Å². The quantitative estimate of drug-likeness (QED) is 0.596. The number of anilines is 1. The third-order valence-corrected chi connectivity index (χ3v) is 4.25. The van der Waals surface area contributed by atoms with Crippen LogP contribution in [0.3, 0.4) is 0 Å². The van der Waals surface area contributed by atoms with E-state index in [2.05, 4.69) is 16.2 Å². The highest BCUT2D eigenvalue weighted by Crippen LogP contribution is 2.15. The minimum Gasteiger partial charge on any atom is -0.494 e. The summed E-state index contributed by atoms with van der Waals surface area (Å²) in [5.74, 6) is -0.587. The number of nitrogens with one attached hydrogen (secondary N) is 3. The smallest absolute Gasteiger partial charge is 0.269 e. The molecule has 0 fully saturated rings. The Hall–Kier alpha value is -3.35. The number of amides is 3. The van der Waals surface area contributed by atoms with Crippen LogP contribution in [-0.4, -0.2) is 24.3 Å². The number of carbonyl (C=O) groups excluding carboxylic acids is 3. The van der Waals surface area contributed by atoms with Gasteiger partial charge in [-0.05, 0) is 61.7 Å². The largest absolute Gasteiger partial charge is 0.494 e. The van der Waals surface area contributed by atoms with Gasteiger partial charge in [-0.15, -0.1) is 0 Å². The first-order valence-corrected chi connectivity index (χ1v) is 9.58. The summed E-state index contributed by atoms with van der Waals surface area (Å²) in [6.07, 6.45) is 0.829. The van der Waals surface area contributed by atoms with Crippen LogP contribution >= 0.6 is 0 Å². The number of aryl methyl sites for hydroxylation is 2. The molecule has 0 spiro atoms. The minimum absolute atomic E-state index is 0.00890. The fourth-order valence-electron chi connectivity index (χ4n) is 2.48. The summed E-state index contributed by atoms with van der Waals surface area (Å²) in [7, 11) is 0. The highest BCUT2D eigenvalue weighted by molar-refractivity contribution is 5.96. The van der Waals surface area contributed by atoms with Crippen molar-refractivity contribution in [3.8, 4) is 5.75 Å². The van der Waals surface area contributed by atoms with E-state index in [0.29, 0.717) is 23.6 Å². The molecule has 0 saturated carbocycles. The molecule has 0 aliphatic carbocycles. The maximum absolute atomic E-state index is 12.2. The molecule has 154 valence electrons. The van der Waals surface area contributed by atoms with E-state index in [4.69, 9.17) is 4.74 Å². The first kappa shape index (κ1) is 21.9. The SMILES string of the molecule is CCCOc1cccc(C(=O)NNC(=O)CCC(=O)Nc2ccc(C)c(C)c2)c1. The lowest BCUT2D eigenvalue weighted by atomic mass is 10.1. The molecule has 0 atom stereocenters. The molecule has 0 aliphatic rings. The van der Waals surface area contributed by atoms with E-state index in [1.54, 1.807) is 24.3 Å². The van der Waals surface area contributed by atoms with E-state index >= 15 is 0 Å². The van der Waals surface area contributed by atoms with E-state index in [1.807, 2.05) is 39.0 Å². The number of rotatable bonds is 8. The first-order chi connectivity index (χ1) is 13.9. The van der Waals surface area contributed by atoms with Gasteiger partial charge in [0.15, 0.2) is 0 Å². The van der Waals surface area contributed by atoms with Crippen molar-refractivity contribution in [2.24, 2.45) is 0 Å². The average Bonchev–Trinajstić information content (AvgIpc) is 2.71. The number of benzene rings is 2. The lowest BCUT2D eigenvalue weighted by Gasteiger charge is -2.10. The van der Waals surface area contributed by atoms with Crippen molar-refractivity contribution >= 4 is 23.4 Å². The summed E-state index contributed by atoms with van der Waals surface area (Å²) in [5, 5.41) is 2.76. The predicted octanol–water partition coefficient (Wildman–Crippen LogP) is 3.27. The summed E-state index contributed by atoms with van der Waals surface area (Å²) < 4.78 is 5.49. The Morgan fingerprint density at radius 2 is 1.66 bits per heavy atom. The summed E-state index contributed by atoms with van der Waals surface area (Å²) in [6, 6.07) is 12.3. The predicted molar refractivity (Wildman–Crippen MR) is 112 cm³/mol. The van der Waals surface area contributed by atoms with Gasteiger partial charge in [0, 0.05) is 24.1 Å². The van der Waals surface area contributed by atoms with Gasteiger partial charge in [-0.25, -0.2) is 0 Å². The van der Waals surface area contributed by atoms with Crippen molar-refractivity contribution in [1.29, 1.82) is 0 Å². The van der Waals surface area contributed by atoms with Gasteiger partial charge >= 0.3 is 0 Å². The molecular formula is C22H27N3O4. The van der Waals surface area contributed by atoms with E-state index in [9.17, 15) is 14.4 Å². The fourth-order valence-corrected chi connectivity index (χ4v) is 2.48. The van der Waals surface area contributed by atoms with Crippen molar-refractivity contribution in [2.75, 3.05) is 11.9 Å². The molecule has 7 nitrogen and oxygen atoms in total. The van der Waals surface area contributed by atoms with Gasteiger partial charge in [-0.3, -0.25) is 25.2 Å². The Labute approximate surface area is 170 Å².